The van der Waals surface area contributed by atoms with Crippen LogP contribution in [0.15, 0.2) is 34.2 Å². The summed E-state index contributed by atoms with van der Waals surface area (Å²) in [5.41, 5.74) is -0.0423. The maximum Gasteiger partial charge on any atom is 0.317 e. The highest BCUT2D eigenvalue weighted by Gasteiger charge is 2.18. The summed E-state index contributed by atoms with van der Waals surface area (Å²) in [4.78, 5) is 25.6. The summed E-state index contributed by atoms with van der Waals surface area (Å²) in [5.74, 6) is 6.73. The van der Waals surface area contributed by atoms with Crippen molar-refractivity contribution in [3.05, 3.63) is 29.0 Å². The molecule has 0 heterocycles. The van der Waals surface area contributed by atoms with Crippen LogP contribution in [0.25, 0.3) is 0 Å². The fourth-order valence-electron chi connectivity index (χ4n) is 2.41. The van der Waals surface area contributed by atoms with Crippen LogP contribution < -0.4 is 5.84 Å². The van der Waals surface area contributed by atoms with Crippen molar-refractivity contribution in [2.75, 3.05) is 6.54 Å². The Kier molecular flexibility index (Phi) is 7.66. The van der Waals surface area contributed by atoms with Gasteiger partial charge in [-0.2, -0.15) is 0 Å². The average molecular weight is 306 g/mol. The van der Waals surface area contributed by atoms with E-state index in [0.717, 1.165) is 13.0 Å². The zero-order valence-corrected chi connectivity index (χ0v) is 13.5. The third-order valence-corrected chi connectivity index (χ3v) is 4.01. The second-order valence-corrected chi connectivity index (χ2v) is 5.89. The van der Waals surface area contributed by atoms with E-state index in [-0.39, 0.29) is 5.57 Å². The fraction of sp³-hybridized carbons (Fsp3) is 0.625. The SMILES string of the molecule is C=C(/C=N\C(=C\C(C)CC)N(N)CC1CCCC1)C(=O)N=O. The zero-order chi connectivity index (χ0) is 16.5. The number of nitroso groups, excluding NO2 is 1. The van der Waals surface area contributed by atoms with Crippen LogP contribution in [0.3, 0.4) is 0 Å². The van der Waals surface area contributed by atoms with Crippen molar-refractivity contribution < 1.29 is 4.79 Å². The van der Waals surface area contributed by atoms with Gasteiger partial charge in [-0.25, -0.2) is 10.8 Å². The molecule has 0 radical (unpaired) electrons. The lowest BCUT2D eigenvalue weighted by Crippen LogP contribution is -2.34. The Labute approximate surface area is 132 Å². The predicted octanol–water partition coefficient (Wildman–Crippen LogP) is 3.16. The first-order valence-electron chi connectivity index (χ1n) is 7.82. The number of carbonyl (C=O) groups excluding carboxylic acids is 1. The summed E-state index contributed by atoms with van der Waals surface area (Å²) < 4.78 is 0. The van der Waals surface area contributed by atoms with Crippen LogP contribution in [0, 0.1) is 16.7 Å². The second-order valence-electron chi connectivity index (χ2n) is 5.89. The van der Waals surface area contributed by atoms with Gasteiger partial charge in [0.1, 0.15) is 5.82 Å². The van der Waals surface area contributed by atoms with Crippen molar-refractivity contribution in [3.8, 4) is 0 Å². The Hall–Kier alpha value is -1.82. The van der Waals surface area contributed by atoms with E-state index < -0.39 is 5.91 Å². The van der Waals surface area contributed by atoms with Crippen LogP contribution in [0.4, 0.5) is 0 Å². The number of nitrogens with two attached hydrogens (primary N) is 1. The molecule has 1 saturated carbocycles. The van der Waals surface area contributed by atoms with E-state index in [1.165, 1.54) is 31.9 Å². The minimum Gasteiger partial charge on any atom is -0.295 e. The van der Waals surface area contributed by atoms with E-state index in [4.69, 9.17) is 5.84 Å². The van der Waals surface area contributed by atoms with Gasteiger partial charge in [0, 0.05) is 17.9 Å². The number of amides is 1. The highest BCUT2D eigenvalue weighted by molar-refractivity contribution is 6.12. The number of rotatable bonds is 8. The molecule has 0 saturated heterocycles. The van der Waals surface area contributed by atoms with Crippen LogP contribution in [0.5, 0.6) is 0 Å². The molecule has 0 aliphatic heterocycles. The molecule has 0 spiro atoms. The van der Waals surface area contributed by atoms with E-state index in [0.29, 0.717) is 17.7 Å². The molecule has 0 aromatic heterocycles. The maximum atomic E-state index is 11.1. The molecule has 1 aliphatic rings. The van der Waals surface area contributed by atoms with E-state index in [9.17, 15) is 9.70 Å². The van der Waals surface area contributed by atoms with E-state index in [1.54, 1.807) is 5.01 Å². The van der Waals surface area contributed by atoms with Gasteiger partial charge in [-0.1, -0.05) is 33.3 Å². The first-order chi connectivity index (χ1) is 10.5. The minimum absolute atomic E-state index is 0.0423. The highest BCUT2D eigenvalue weighted by Crippen LogP contribution is 2.26. The lowest BCUT2D eigenvalue weighted by atomic mass is 10.1. The Bertz CT molecular complexity index is 465. The maximum absolute atomic E-state index is 11.1. The van der Waals surface area contributed by atoms with Gasteiger partial charge in [-0.3, -0.25) is 9.80 Å². The summed E-state index contributed by atoms with van der Waals surface area (Å²) in [6.45, 7) is 8.38. The van der Waals surface area contributed by atoms with Gasteiger partial charge >= 0.3 is 5.91 Å². The molecule has 1 atom stereocenters. The number of hydrogen-bond donors (Lipinski definition) is 1. The number of allylic oxidation sites excluding steroid dienone is 1. The van der Waals surface area contributed by atoms with Crippen LogP contribution in [0.2, 0.25) is 0 Å². The summed E-state index contributed by atoms with van der Waals surface area (Å²) in [6.07, 6.45) is 9.07. The van der Waals surface area contributed by atoms with Crippen LogP contribution >= 0.6 is 0 Å². The first kappa shape index (κ1) is 18.2. The molecule has 1 fully saturated rings. The van der Waals surface area contributed by atoms with Gasteiger partial charge < -0.3 is 0 Å². The van der Waals surface area contributed by atoms with Crippen molar-refractivity contribution in [2.45, 2.75) is 46.0 Å². The molecular formula is C16H26N4O2. The van der Waals surface area contributed by atoms with Crippen LogP contribution in [-0.2, 0) is 4.79 Å². The average Bonchev–Trinajstić information content (AvgIpc) is 3.02. The quantitative estimate of drug-likeness (QED) is 0.245. The number of hydrazine groups is 1. The molecule has 122 valence electrons. The normalized spacial score (nSPS) is 17.7. The summed E-state index contributed by atoms with van der Waals surface area (Å²) >= 11 is 0. The molecule has 1 rings (SSSR count). The summed E-state index contributed by atoms with van der Waals surface area (Å²) in [5, 5.41) is 3.96. The standard InChI is InChI=1S/C16H26N4O2/c1-4-12(2)9-15(18-10-13(3)16(21)19-22)20(17)11-14-7-5-6-8-14/h9-10,12,14H,3-8,11,17H2,1-2H3/b15-9-,18-10-. The molecule has 0 aromatic rings. The van der Waals surface area contributed by atoms with Gasteiger partial charge in [0.2, 0.25) is 0 Å². The van der Waals surface area contributed by atoms with E-state index in [1.807, 2.05) is 6.08 Å². The van der Waals surface area contributed by atoms with E-state index >= 15 is 0 Å². The molecule has 1 unspecified atom stereocenters. The van der Waals surface area contributed by atoms with Crippen molar-refractivity contribution in [3.63, 3.8) is 0 Å². The molecule has 1 amide bonds. The number of hydrogen-bond acceptors (Lipinski definition) is 5. The third kappa shape index (κ3) is 5.89. The van der Waals surface area contributed by atoms with E-state index in [2.05, 4.69) is 30.6 Å². The smallest absolute Gasteiger partial charge is 0.295 e. The van der Waals surface area contributed by atoms with Crippen molar-refractivity contribution >= 4 is 12.1 Å². The van der Waals surface area contributed by atoms with Crippen molar-refractivity contribution in [2.24, 2.45) is 27.8 Å². The van der Waals surface area contributed by atoms with Gasteiger partial charge in [-0.05, 0) is 37.2 Å². The molecule has 1 aliphatic carbocycles. The topological polar surface area (TPSA) is 88.1 Å². The molecular weight excluding hydrogens is 280 g/mol. The number of nitrogens with zero attached hydrogens (tertiary/aromatic N) is 3. The zero-order valence-electron chi connectivity index (χ0n) is 13.5. The molecule has 22 heavy (non-hydrogen) atoms. The van der Waals surface area contributed by atoms with Gasteiger partial charge in [0.05, 0.1) is 5.57 Å². The summed E-state index contributed by atoms with van der Waals surface area (Å²) in [6, 6.07) is 0. The van der Waals surface area contributed by atoms with Gasteiger partial charge in [0.15, 0.2) is 0 Å². The fourth-order valence-corrected chi connectivity index (χ4v) is 2.41. The van der Waals surface area contributed by atoms with Gasteiger partial charge in [0.25, 0.3) is 0 Å². The van der Waals surface area contributed by atoms with Gasteiger partial charge in [-0.15, -0.1) is 4.91 Å². The number of aliphatic imine (C=N–C) groups is 1. The highest BCUT2D eigenvalue weighted by atomic mass is 16.3. The number of carbonyl (C=O) groups is 1. The Balaban J connectivity index is 2.80. The monoisotopic (exact) mass is 306 g/mol. The lowest BCUT2D eigenvalue weighted by molar-refractivity contribution is -0.113. The molecule has 0 aromatic carbocycles. The second kappa shape index (κ2) is 9.25. The molecule has 2 N–H and O–H groups in total. The summed E-state index contributed by atoms with van der Waals surface area (Å²) in [7, 11) is 0. The first-order valence-corrected chi connectivity index (χ1v) is 7.82. The molecule has 6 heteroatoms. The minimum atomic E-state index is -0.911. The predicted molar refractivity (Wildman–Crippen MR) is 88.8 cm³/mol. The Morgan fingerprint density at radius 2 is 2.09 bits per heavy atom. The van der Waals surface area contributed by atoms with Crippen molar-refractivity contribution in [1.29, 1.82) is 0 Å². The van der Waals surface area contributed by atoms with Crippen LogP contribution in [-0.4, -0.2) is 23.7 Å². The molecule has 6 nitrogen and oxygen atoms in total. The van der Waals surface area contributed by atoms with Crippen LogP contribution in [0.1, 0.15) is 46.0 Å². The third-order valence-electron chi connectivity index (χ3n) is 4.01. The van der Waals surface area contributed by atoms with Crippen molar-refractivity contribution in [1.82, 2.24) is 5.01 Å². The Morgan fingerprint density at radius 1 is 1.45 bits per heavy atom. The molecule has 0 bridgehead atoms. The Morgan fingerprint density at radius 3 is 2.64 bits per heavy atom. The largest absolute Gasteiger partial charge is 0.317 e. The lowest BCUT2D eigenvalue weighted by Gasteiger charge is -2.23.